The Kier molecular flexibility index (Phi) is 4.95. The second-order valence-electron chi connectivity index (χ2n) is 0.638. The van der Waals surface area contributed by atoms with Crippen LogP contribution in [0.1, 0.15) is 0 Å². The Morgan fingerprint density at radius 2 is 2.40 bits per heavy atom. The molecule has 0 spiro atoms. The third kappa shape index (κ3) is 4.50. The molecule has 1 nitrogen and oxygen atoms in total. The van der Waals surface area contributed by atoms with Crippen molar-refractivity contribution >= 4 is 22.5 Å². The normalized spacial score (nSPS) is 10.0. The summed E-state index contributed by atoms with van der Waals surface area (Å²) < 4.78 is 2.02. The van der Waals surface area contributed by atoms with E-state index >= 15 is 0 Å². The quantitative estimate of drug-likeness (QED) is 0.540. The van der Waals surface area contributed by atoms with Gasteiger partial charge in [-0.2, -0.15) is 0 Å². The van der Waals surface area contributed by atoms with Crippen molar-refractivity contribution in [3.8, 4) is 0 Å². The Bertz CT molecular complexity index is 33.9. The fourth-order valence-corrected chi connectivity index (χ4v) is 0.456. The SMILES string of the molecule is NCC=[CH][Sn]. The fourth-order valence-electron chi connectivity index (χ4n) is 0.0680. The molecule has 0 saturated carbocycles. The molecule has 3 radical (unpaired) electrons. The van der Waals surface area contributed by atoms with Gasteiger partial charge in [-0.3, -0.25) is 0 Å². The molecule has 0 atom stereocenters. The van der Waals surface area contributed by atoms with Crippen LogP contribution in [0.4, 0.5) is 0 Å². The van der Waals surface area contributed by atoms with Crippen LogP contribution in [0.2, 0.25) is 0 Å². The van der Waals surface area contributed by atoms with Crippen LogP contribution in [-0.2, 0) is 0 Å². The van der Waals surface area contributed by atoms with Crippen LogP contribution >= 0.6 is 0 Å². The molecule has 0 aromatic heterocycles. The van der Waals surface area contributed by atoms with Gasteiger partial charge in [-0.25, -0.2) is 0 Å². The van der Waals surface area contributed by atoms with Crippen molar-refractivity contribution in [1.29, 1.82) is 0 Å². The number of rotatable bonds is 1. The van der Waals surface area contributed by atoms with Gasteiger partial charge in [-0.15, -0.1) is 0 Å². The predicted octanol–water partition coefficient (Wildman–Crippen LogP) is -0.373. The summed E-state index contributed by atoms with van der Waals surface area (Å²) in [5, 5.41) is 0. The first-order chi connectivity index (χ1) is 2.41. The molecule has 0 aliphatic rings. The van der Waals surface area contributed by atoms with Crippen molar-refractivity contribution in [1.82, 2.24) is 0 Å². The van der Waals surface area contributed by atoms with E-state index in [9.17, 15) is 0 Å². The Balaban J connectivity index is 2.62. The van der Waals surface area contributed by atoms with Crippen LogP contribution in [-0.4, -0.2) is 29.1 Å². The standard InChI is InChI=1S/C3H6N.Sn/c1-2-3-4;/h1-2H,3-4H2;. The third-order valence-electron chi connectivity index (χ3n) is 0.254. The molecule has 0 bridgehead atoms. The second kappa shape index (κ2) is 4.50. The van der Waals surface area contributed by atoms with E-state index in [0.29, 0.717) is 6.54 Å². The Morgan fingerprint density at radius 1 is 1.80 bits per heavy atom. The monoisotopic (exact) mass is 176 g/mol. The molecule has 0 fully saturated rings. The van der Waals surface area contributed by atoms with Crippen LogP contribution in [0.5, 0.6) is 0 Å². The van der Waals surface area contributed by atoms with Gasteiger partial charge in [0.15, 0.2) is 0 Å². The average Bonchev–Trinajstić information content (AvgIpc) is 1.41. The van der Waals surface area contributed by atoms with Gasteiger partial charge < -0.3 is 0 Å². The minimum atomic E-state index is 0.686. The van der Waals surface area contributed by atoms with Gasteiger partial charge in [0.1, 0.15) is 0 Å². The first-order valence-electron chi connectivity index (χ1n) is 1.44. The molecule has 0 unspecified atom stereocenters. The molecule has 2 N–H and O–H groups in total. The van der Waals surface area contributed by atoms with Crippen molar-refractivity contribution < 1.29 is 0 Å². The van der Waals surface area contributed by atoms with Crippen LogP contribution in [0.3, 0.4) is 0 Å². The summed E-state index contributed by atoms with van der Waals surface area (Å²) in [6.45, 7) is 0.686. The van der Waals surface area contributed by atoms with Gasteiger partial charge in [0.05, 0.1) is 0 Å². The van der Waals surface area contributed by atoms with E-state index in [1.165, 1.54) is 22.5 Å². The van der Waals surface area contributed by atoms with Crippen LogP contribution in [0.25, 0.3) is 0 Å². The van der Waals surface area contributed by atoms with E-state index in [0.717, 1.165) is 0 Å². The van der Waals surface area contributed by atoms with Crippen LogP contribution < -0.4 is 5.73 Å². The fraction of sp³-hybridized carbons (Fsp3) is 0.333. The van der Waals surface area contributed by atoms with Crippen molar-refractivity contribution in [2.45, 2.75) is 0 Å². The van der Waals surface area contributed by atoms with E-state index in [1.807, 2.05) is 10.2 Å². The van der Waals surface area contributed by atoms with Gasteiger partial charge in [-0.1, -0.05) is 0 Å². The van der Waals surface area contributed by atoms with Crippen LogP contribution in [0, 0.1) is 0 Å². The van der Waals surface area contributed by atoms with Crippen molar-refractivity contribution in [2.75, 3.05) is 6.54 Å². The second-order valence-corrected chi connectivity index (χ2v) is 1.59. The molecular weight excluding hydrogens is 169 g/mol. The van der Waals surface area contributed by atoms with E-state index in [-0.39, 0.29) is 0 Å². The first kappa shape index (κ1) is 5.50. The summed E-state index contributed by atoms with van der Waals surface area (Å²) in [6.07, 6.45) is 1.94. The zero-order chi connectivity index (χ0) is 4.12. The zero-order valence-corrected chi connectivity index (χ0v) is 5.79. The summed E-state index contributed by atoms with van der Waals surface area (Å²) in [7, 11) is 0. The van der Waals surface area contributed by atoms with Crippen molar-refractivity contribution in [2.24, 2.45) is 5.73 Å². The van der Waals surface area contributed by atoms with Gasteiger partial charge in [0, 0.05) is 0 Å². The molecular formula is C3H6NSn. The maximum absolute atomic E-state index is 5.07. The molecule has 0 heterocycles. The first-order valence-corrected chi connectivity index (χ1v) is 3.09. The molecule has 0 aromatic rings. The summed E-state index contributed by atoms with van der Waals surface area (Å²) >= 11 is 1.42. The number of hydrogen-bond donors (Lipinski definition) is 1. The summed E-state index contributed by atoms with van der Waals surface area (Å²) in [5.74, 6) is 0. The molecule has 0 rings (SSSR count). The molecule has 0 aliphatic carbocycles. The molecule has 27 valence electrons. The van der Waals surface area contributed by atoms with Crippen molar-refractivity contribution in [3.05, 3.63) is 10.2 Å². The van der Waals surface area contributed by atoms with Crippen molar-refractivity contribution in [3.63, 3.8) is 0 Å². The Labute approximate surface area is 45.3 Å². The maximum atomic E-state index is 5.07. The van der Waals surface area contributed by atoms with Crippen LogP contribution in [0.15, 0.2) is 10.2 Å². The molecule has 2 heteroatoms. The molecule has 0 aliphatic heterocycles. The molecule has 0 amide bonds. The van der Waals surface area contributed by atoms with Gasteiger partial charge in [0.25, 0.3) is 0 Å². The van der Waals surface area contributed by atoms with E-state index in [1.54, 1.807) is 0 Å². The summed E-state index contributed by atoms with van der Waals surface area (Å²) in [4.78, 5) is 0. The molecule has 0 saturated heterocycles. The zero-order valence-electron chi connectivity index (χ0n) is 2.94. The number of nitrogens with two attached hydrogens (primary N) is 1. The van der Waals surface area contributed by atoms with Gasteiger partial charge in [-0.05, 0) is 0 Å². The minimum absolute atomic E-state index is 0.686. The van der Waals surface area contributed by atoms with E-state index in [2.05, 4.69) is 0 Å². The number of hydrogen-bond acceptors (Lipinski definition) is 1. The average molecular weight is 175 g/mol. The van der Waals surface area contributed by atoms with Gasteiger partial charge >= 0.3 is 45.0 Å². The molecule has 0 aromatic carbocycles. The van der Waals surface area contributed by atoms with E-state index < -0.39 is 0 Å². The Morgan fingerprint density at radius 3 is 2.40 bits per heavy atom. The predicted molar refractivity (Wildman–Crippen MR) is 23.9 cm³/mol. The summed E-state index contributed by atoms with van der Waals surface area (Å²) in [5.41, 5.74) is 5.07. The Hall–Kier alpha value is 0.499. The topological polar surface area (TPSA) is 26.0 Å². The third-order valence-corrected chi connectivity index (χ3v) is 0.927. The molecule has 5 heavy (non-hydrogen) atoms. The van der Waals surface area contributed by atoms with E-state index in [4.69, 9.17) is 5.73 Å². The van der Waals surface area contributed by atoms with Gasteiger partial charge in [0.2, 0.25) is 0 Å². The summed E-state index contributed by atoms with van der Waals surface area (Å²) in [6, 6.07) is 0.